The van der Waals surface area contributed by atoms with Gasteiger partial charge in [0.05, 0.1) is 17.3 Å². The number of nitrogens with one attached hydrogen (secondary N) is 2. The van der Waals surface area contributed by atoms with Gasteiger partial charge in [0.2, 0.25) is 0 Å². The second kappa shape index (κ2) is 6.94. The molecule has 3 aliphatic rings. The number of pyridine rings is 1. The van der Waals surface area contributed by atoms with Crippen LogP contribution in [-0.2, 0) is 4.79 Å². The highest BCUT2D eigenvalue weighted by atomic mass is 16.2. The lowest BCUT2D eigenvalue weighted by molar-refractivity contribution is -0.126. The smallest absolute Gasteiger partial charge is 0.319 e. The van der Waals surface area contributed by atoms with Gasteiger partial charge in [-0.25, -0.2) is 4.79 Å². The Morgan fingerprint density at radius 1 is 1.37 bits per heavy atom. The van der Waals surface area contributed by atoms with Gasteiger partial charge in [0.25, 0.3) is 5.91 Å². The number of urea groups is 1. The second-order valence-electron chi connectivity index (χ2n) is 7.10. The van der Waals surface area contributed by atoms with E-state index in [9.17, 15) is 9.59 Å². The Bertz CT molecular complexity index is 873. The molecule has 2 aliphatic heterocycles. The van der Waals surface area contributed by atoms with Crippen LogP contribution >= 0.6 is 0 Å². The Kier molecular flexibility index (Phi) is 4.47. The molecule has 27 heavy (non-hydrogen) atoms. The Hall–Kier alpha value is -3.03. The van der Waals surface area contributed by atoms with E-state index in [4.69, 9.17) is 0 Å². The van der Waals surface area contributed by atoms with Crippen LogP contribution in [0.4, 0.5) is 4.79 Å². The minimum atomic E-state index is -0.533. The van der Waals surface area contributed by atoms with Crippen molar-refractivity contribution < 1.29 is 9.59 Å². The number of hydrogen-bond donors (Lipinski definition) is 2. The number of carbonyl (C=O) groups excluding carboxylic acids is 2. The minimum absolute atomic E-state index is 0.0552. The second-order valence-corrected chi connectivity index (χ2v) is 7.10. The highest BCUT2D eigenvalue weighted by Gasteiger charge is 2.35. The maximum atomic E-state index is 13.2. The van der Waals surface area contributed by atoms with Gasteiger partial charge in [0.15, 0.2) is 0 Å². The van der Waals surface area contributed by atoms with Gasteiger partial charge in [-0.05, 0) is 43.4 Å². The summed E-state index contributed by atoms with van der Waals surface area (Å²) >= 11 is 0. The zero-order valence-electron chi connectivity index (χ0n) is 15.4. The summed E-state index contributed by atoms with van der Waals surface area (Å²) in [5.74, 6) is -0.142. The lowest BCUT2D eigenvalue weighted by Crippen LogP contribution is -2.48. The van der Waals surface area contributed by atoms with Crippen molar-refractivity contribution in [1.29, 1.82) is 0 Å². The number of allylic oxidation sites excluding steroid dienone is 2. The van der Waals surface area contributed by atoms with Crippen LogP contribution in [-0.4, -0.2) is 41.5 Å². The third-order valence-electron chi connectivity index (χ3n) is 5.26. The Morgan fingerprint density at radius 3 is 3.00 bits per heavy atom. The van der Waals surface area contributed by atoms with Crippen LogP contribution < -0.4 is 10.6 Å². The highest BCUT2D eigenvalue weighted by Crippen LogP contribution is 2.36. The van der Waals surface area contributed by atoms with Gasteiger partial charge in [0.1, 0.15) is 6.04 Å². The molecule has 0 unspecified atom stereocenters. The first-order valence-corrected chi connectivity index (χ1v) is 9.11. The molecule has 4 rings (SSSR count). The van der Waals surface area contributed by atoms with Gasteiger partial charge in [0, 0.05) is 31.7 Å². The lowest BCUT2D eigenvalue weighted by Gasteiger charge is -2.31. The first-order chi connectivity index (χ1) is 13.0. The van der Waals surface area contributed by atoms with Crippen molar-refractivity contribution in [2.24, 2.45) is 10.2 Å². The number of likely N-dealkylation sites (N-methyl/N-ethyl adjacent to an activating group) is 1. The van der Waals surface area contributed by atoms with Crippen molar-refractivity contribution in [2.45, 2.75) is 38.3 Å². The van der Waals surface area contributed by atoms with E-state index >= 15 is 0 Å². The summed E-state index contributed by atoms with van der Waals surface area (Å²) in [7, 11) is 1.77. The van der Waals surface area contributed by atoms with Crippen LogP contribution in [0, 0.1) is 0 Å². The van der Waals surface area contributed by atoms with Gasteiger partial charge in [-0.15, -0.1) is 0 Å². The average molecular weight is 366 g/mol. The first-order valence-electron chi connectivity index (χ1n) is 9.11. The number of rotatable bonds is 4. The maximum Gasteiger partial charge on any atom is 0.319 e. The van der Waals surface area contributed by atoms with E-state index in [1.54, 1.807) is 37.3 Å². The molecule has 0 saturated carbocycles. The van der Waals surface area contributed by atoms with Crippen molar-refractivity contribution in [3.05, 3.63) is 52.6 Å². The molecule has 8 nitrogen and oxygen atoms in total. The largest absolute Gasteiger partial charge is 0.339 e. The van der Waals surface area contributed by atoms with Crippen molar-refractivity contribution in [3.63, 3.8) is 0 Å². The lowest BCUT2D eigenvalue weighted by atomic mass is 9.95. The summed E-state index contributed by atoms with van der Waals surface area (Å²) in [5, 5.41) is 14.1. The van der Waals surface area contributed by atoms with E-state index in [0.717, 1.165) is 30.5 Å². The third-order valence-corrected chi connectivity index (χ3v) is 5.26. The molecule has 0 aromatic carbocycles. The van der Waals surface area contributed by atoms with Crippen molar-refractivity contribution in [1.82, 2.24) is 20.5 Å². The average Bonchev–Trinajstić information content (AvgIpc) is 3.26. The zero-order valence-corrected chi connectivity index (χ0v) is 15.4. The van der Waals surface area contributed by atoms with Gasteiger partial charge >= 0.3 is 6.03 Å². The number of nitrogens with zero attached hydrogens (tertiary/aromatic N) is 4. The van der Waals surface area contributed by atoms with Crippen molar-refractivity contribution in [3.8, 4) is 0 Å². The topological polar surface area (TPSA) is 99.1 Å². The summed E-state index contributed by atoms with van der Waals surface area (Å²) in [6.07, 6.45) is 6.43. The highest BCUT2D eigenvalue weighted by molar-refractivity contribution is 5.98. The van der Waals surface area contributed by atoms with E-state index in [0.29, 0.717) is 17.8 Å². The number of carbonyl (C=O) groups is 2. The molecular formula is C19H22N6O2. The molecule has 140 valence electrons. The van der Waals surface area contributed by atoms with Crippen molar-refractivity contribution in [2.75, 3.05) is 13.6 Å². The standard InChI is InChI=1S/C19H22N6O2/c1-11-16(17(22-19(27)21-11)12-5-4-8-20-9-12)18(26)25(2)10-15-13-6-3-7-14(13)23-24-15/h4-5,8-9,15,17H,3,6-7,10H2,1-2H3,(H2,21,22,27)/t15-,17+/m1/s1. The van der Waals surface area contributed by atoms with E-state index in [-0.39, 0.29) is 18.0 Å². The van der Waals surface area contributed by atoms with Gasteiger partial charge in [-0.2, -0.15) is 10.2 Å². The molecule has 0 radical (unpaired) electrons. The molecule has 8 heteroatoms. The summed E-state index contributed by atoms with van der Waals surface area (Å²) in [6.45, 7) is 2.22. The van der Waals surface area contributed by atoms with Crippen LogP contribution in [0.5, 0.6) is 0 Å². The summed E-state index contributed by atoms with van der Waals surface area (Å²) in [6, 6.07) is 2.72. The molecular weight excluding hydrogens is 344 g/mol. The molecule has 1 aromatic rings. The molecule has 2 atom stereocenters. The van der Waals surface area contributed by atoms with Crippen molar-refractivity contribution >= 4 is 11.9 Å². The van der Waals surface area contributed by atoms with Crippen LogP contribution in [0.2, 0.25) is 0 Å². The molecule has 3 amide bonds. The molecule has 0 fully saturated rings. The maximum absolute atomic E-state index is 13.2. The monoisotopic (exact) mass is 366 g/mol. The summed E-state index contributed by atoms with van der Waals surface area (Å²) in [5.41, 5.74) is 4.19. The van der Waals surface area contributed by atoms with Crippen LogP contribution in [0.1, 0.15) is 37.8 Å². The van der Waals surface area contributed by atoms with Crippen LogP contribution in [0.15, 0.2) is 57.3 Å². The van der Waals surface area contributed by atoms with E-state index < -0.39 is 6.04 Å². The van der Waals surface area contributed by atoms with Gasteiger partial charge in [-0.3, -0.25) is 9.78 Å². The molecule has 1 aromatic heterocycles. The summed E-state index contributed by atoms with van der Waals surface area (Å²) < 4.78 is 0. The first kappa shape index (κ1) is 17.4. The molecule has 1 aliphatic carbocycles. The fourth-order valence-corrected chi connectivity index (χ4v) is 3.90. The third kappa shape index (κ3) is 3.22. The van der Waals surface area contributed by atoms with E-state index in [1.807, 2.05) is 6.07 Å². The molecule has 0 spiro atoms. The predicted molar refractivity (Wildman–Crippen MR) is 98.5 cm³/mol. The Morgan fingerprint density at radius 2 is 2.22 bits per heavy atom. The van der Waals surface area contributed by atoms with Crippen LogP contribution in [0.25, 0.3) is 0 Å². The number of hydrogen-bond acceptors (Lipinski definition) is 5. The number of aromatic nitrogens is 1. The fraction of sp³-hybridized carbons (Fsp3) is 0.421. The SMILES string of the molecule is CC1=C(C(=O)N(C)C[C@H]2N=NC3=C2CCC3)[C@H](c2cccnc2)NC(=O)N1. The molecule has 2 N–H and O–H groups in total. The van der Waals surface area contributed by atoms with E-state index in [1.165, 1.54) is 5.57 Å². The number of amides is 3. The molecule has 0 saturated heterocycles. The quantitative estimate of drug-likeness (QED) is 0.856. The Balaban J connectivity index is 1.57. The van der Waals surface area contributed by atoms with Gasteiger partial charge < -0.3 is 15.5 Å². The van der Waals surface area contributed by atoms with Gasteiger partial charge in [-0.1, -0.05) is 6.07 Å². The molecule has 3 heterocycles. The normalized spacial score (nSPS) is 24.0. The predicted octanol–water partition coefficient (Wildman–Crippen LogP) is 2.44. The Labute approximate surface area is 157 Å². The van der Waals surface area contributed by atoms with E-state index in [2.05, 4.69) is 25.8 Å². The fourth-order valence-electron chi connectivity index (χ4n) is 3.90. The van der Waals surface area contributed by atoms with Crippen LogP contribution in [0.3, 0.4) is 0 Å². The minimum Gasteiger partial charge on any atom is -0.339 e. The summed E-state index contributed by atoms with van der Waals surface area (Å²) in [4.78, 5) is 31.0. The molecule has 0 bridgehead atoms. The zero-order chi connectivity index (χ0) is 19.0. The number of azo groups is 1.